The first kappa shape index (κ1) is 11.7. The third-order valence-corrected chi connectivity index (χ3v) is 2.68. The molecule has 1 aromatic carbocycles. The van der Waals surface area contributed by atoms with Crippen LogP contribution in [0.25, 0.3) is 0 Å². The zero-order chi connectivity index (χ0) is 12.4. The maximum absolute atomic E-state index is 13.1. The molecule has 17 heavy (non-hydrogen) atoms. The lowest BCUT2D eigenvalue weighted by atomic mass is 10.0. The van der Waals surface area contributed by atoms with Crippen LogP contribution in [0, 0.1) is 19.7 Å². The maximum atomic E-state index is 13.1. The van der Waals surface area contributed by atoms with Gasteiger partial charge in [0.25, 0.3) is 0 Å². The van der Waals surface area contributed by atoms with Crippen LogP contribution in [0.1, 0.15) is 28.5 Å². The van der Waals surface area contributed by atoms with Crippen LogP contribution in [-0.2, 0) is 0 Å². The van der Waals surface area contributed by atoms with Crippen LogP contribution in [0.3, 0.4) is 0 Å². The summed E-state index contributed by atoms with van der Waals surface area (Å²) >= 11 is 0. The Balaban J connectivity index is 2.40. The number of hydrogen-bond donors (Lipinski definition) is 1. The van der Waals surface area contributed by atoms with E-state index in [1.54, 1.807) is 18.3 Å². The predicted molar refractivity (Wildman–Crippen MR) is 64.2 cm³/mol. The minimum atomic E-state index is -0.883. The second-order valence-electron chi connectivity index (χ2n) is 4.17. The van der Waals surface area contributed by atoms with Crippen LogP contribution in [0.4, 0.5) is 4.39 Å². The van der Waals surface area contributed by atoms with Gasteiger partial charge >= 0.3 is 0 Å². The number of aromatic nitrogens is 1. The maximum Gasteiger partial charge on any atom is 0.123 e. The van der Waals surface area contributed by atoms with E-state index in [0.717, 1.165) is 11.1 Å². The second-order valence-corrected chi connectivity index (χ2v) is 4.17. The van der Waals surface area contributed by atoms with E-state index in [4.69, 9.17) is 0 Å². The summed E-state index contributed by atoms with van der Waals surface area (Å²) in [5.41, 5.74) is 3.03. The third kappa shape index (κ3) is 2.50. The van der Waals surface area contributed by atoms with Crippen molar-refractivity contribution in [2.24, 2.45) is 0 Å². The Kier molecular flexibility index (Phi) is 3.20. The van der Waals surface area contributed by atoms with E-state index < -0.39 is 6.10 Å². The molecule has 2 rings (SSSR count). The van der Waals surface area contributed by atoms with Gasteiger partial charge in [0.05, 0.1) is 5.69 Å². The van der Waals surface area contributed by atoms with Crippen molar-refractivity contribution in [1.82, 2.24) is 4.98 Å². The first-order valence-electron chi connectivity index (χ1n) is 5.44. The van der Waals surface area contributed by atoms with Gasteiger partial charge in [-0.2, -0.15) is 0 Å². The number of aliphatic hydroxyl groups excluding tert-OH is 1. The SMILES string of the molecule is Cc1cnc(C(O)c2cccc(F)c2)c(C)c1. The highest BCUT2D eigenvalue weighted by molar-refractivity contribution is 5.32. The molecule has 1 aromatic heterocycles. The zero-order valence-electron chi connectivity index (χ0n) is 9.81. The fraction of sp³-hybridized carbons (Fsp3) is 0.214. The molecular weight excluding hydrogens is 217 g/mol. The van der Waals surface area contributed by atoms with E-state index in [1.807, 2.05) is 19.9 Å². The summed E-state index contributed by atoms with van der Waals surface area (Å²) in [5, 5.41) is 10.2. The molecule has 0 bridgehead atoms. The molecule has 0 fully saturated rings. The highest BCUT2D eigenvalue weighted by Crippen LogP contribution is 2.23. The molecule has 0 saturated carbocycles. The molecule has 0 aliphatic rings. The summed E-state index contributed by atoms with van der Waals surface area (Å²) in [5.74, 6) is -0.355. The Morgan fingerprint density at radius 2 is 2.00 bits per heavy atom. The van der Waals surface area contributed by atoms with Crippen molar-refractivity contribution >= 4 is 0 Å². The van der Waals surface area contributed by atoms with Gasteiger partial charge in [0.15, 0.2) is 0 Å². The van der Waals surface area contributed by atoms with Crippen LogP contribution in [0.2, 0.25) is 0 Å². The summed E-state index contributed by atoms with van der Waals surface area (Å²) in [6, 6.07) is 7.90. The molecule has 2 aromatic rings. The average Bonchev–Trinajstić information content (AvgIpc) is 2.28. The summed E-state index contributed by atoms with van der Waals surface area (Å²) in [4.78, 5) is 4.21. The molecule has 1 unspecified atom stereocenters. The van der Waals surface area contributed by atoms with E-state index in [9.17, 15) is 9.50 Å². The number of pyridine rings is 1. The summed E-state index contributed by atoms with van der Waals surface area (Å²) in [7, 11) is 0. The number of benzene rings is 1. The standard InChI is InChI=1S/C14H14FNO/c1-9-6-10(2)13(16-8-9)14(17)11-4-3-5-12(15)7-11/h3-8,14,17H,1-2H3. The molecule has 2 nitrogen and oxygen atoms in total. The molecule has 88 valence electrons. The highest BCUT2D eigenvalue weighted by Gasteiger charge is 2.14. The Morgan fingerprint density at radius 1 is 1.24 bits per heavy atom. The van der Waals surface area contributed by atoms with Crippen LogP contribution in [0.15, 0.2) is 36.5 Å². The Hall–Kier alpha value is -1.74. The molecule has 1 N–H and O–H groups in total. The molecule has 1 heterocycles. The van der Waals surface area contributed by atoms with E-state index in [-0.39, 0.29) is 5.82 Å². The monoisotopic (exact) mass is 231 g/mol. The number of aryl methyl sites for hydroxylation is 2. The molecule has 0 amide bonds. The van der Waals surface area contributed by atoms with Gasteiger partial charge in [0.2, 0.25) is 0 Å². The molecule has 0 saturated heterocycles. The van der Waals surface area contributed by atoms with Gasteiger partial charge in [0, 0.05) is 6.20 Å². The van der Waals surface area contributed by atoms with Crippen LogP contribution in [0.5, 0.6) is 0 Å². The first-order valence-corrected chi connectivity index (χ1v) is 5.44. The van der Waals surface area contributed by atoms with Gasteiger partial charge in [-0.25, -0.2) is 4.39 Å². The van der Waals surface area contributed by atoms with Gasteiger partial charge in [-0.1, -0.05) is 18.2 Å². The van der Waals surface area contributed by atoms with E-state index in [1.165, 1.54) is 12.1 Å². The second kappa shape index (κ2) is 4.63. The number of aliphatic hydroxyl groups is 1. The van der Waals surface area contributed by atoms with Gasteiger partial charge < -0.3 is 5.11 Å². The predicted octanol–water partition coefficient (Wildman–Crippen LogP) is 2.92. The third-order valence-electron chi connectivity index (χ3n) is 2.68. The van der Waals surface area contributed by atoms with Gasteiger partial charge in [0.1, 0.15) is 11.9 Å². The molecule has 3 heteroatoms. The molecular formula is C14H14FNO. The molecule has 0 radical (unpaired) electrons. The summed E-state index contributed by atoms with van der Waals surface area (Å²) in [6.07, 6.45) is 0.816. The zero-order valence-corrected chi connectivity index (χ0v) is 9.81. The number of rotatable bonds is 2. The Morgan fingerprint density at radius 3 is 2.65 bits per heavy atom. The first-order chi connectivity index (χ1) is 8.08. The summed E-state index contributed by atoms with van der Waals surface area (Å²) < 4.78 is 13.1. The van der Waals surface area contributed by atoms with Crippen LogP contribution >= 0.6 is 0 Å². The van der Waals surface area contributed by atoms with Crippen LogP contribution in [-0.4, -0.2) is 10.1 Å². The summed E-state index contributed by atoms with van der Waals surface area (Å²) in [6.45, 7) is 3.83. The lowest BCUT2D eigenvalue weighted by molar-refractivity contribution is 0.214. The van der Waals surface area contributed by atoms with E-state index >= 15 is 0 Å². The number of nitrogens with zero attached hydrogens (tertiary/aromatic N) is 1. The van der Waals surface area contributed by atoms with Crippen molar-refractivity contribution in [1.29, 1.82) is 0 Å². The molecule has 0 spiro atoms. The smallest absolute Gasteiger partial charge is 0.123 e. The number of halogens is 1. The highest BCUT2D eigenvalue weighted by atomic mass is 19.1. The number of hydrogen-bond acceptors (Lipinski definition) is 2. The van der Waals surface area contributed by atoms with Crippen LogP contribution < -0.4 is 0 Å². The van der Waals surface area contributed by atoms with Crippen molar-refractivity contribution in [3.05, 3.63) is 64.7 Å². The Bertz CT molecular complexity index is 539. The van der Waals surface area contributed by atoms with Crippen molar-refractivity contribution in [2.45, 2.75) is 20.0 Å². The van der Waals surface area contributed by atoms with E-state index in [2.05, 4.69) is 4.98 Å². The molecule has 0 aliphatic carbocycles. The van der Waals surface area contributed by atoms with Gasteiger partial charge in [-0.15, -0.1) is 0 Å². The fourth-order valence-corrected chi connectivity index (χ4v) is 1.85. The minimum absolute atomic E-state index is 0.355. The van der Waals surface area contributed by atoms with Crippen molar-refractivity contribution in [3.8, 4) is 0 Å². The molecule has 1 atom stereocenters. The fourth-order valence-electron chi connectivity index (χ4n) is 1.85. The lowest BCUT2D eigenvalue weighted by Crippen LogP contribution is -2.05. The Labute approximate surface area is 99.8 Å². The lowest BCUT2D eigenvalue weighted by Gasteiger charge is -2.13. The normalized spacial score (nSPS) is 12.5. The van der Waals surface area contributed by atoms with Gasteiger partial charge in [-0.3, -0.25) is 4.98 Å². The molecule has 0 aliphatic heterocycles. The van der Waals surface area contributed by atoms with Crippen molar-refractivity contribution < 1.29 is 9.50 Å². The van der Waals surface area contributed by atoms with E-state index in [0.29, 0.717) is 11.3 Å². The van der Waals surface area contributed by atoms with Gasteiger partial charge in [-0.05, 0) is 42.7 Å². The van der Waals surface area contributed by atoms with Crippen molar-refractivity contribution in [3.63, 3.8) is 0 Å². The van der Waals surface area contributed by atoms with Crippen molar-refractivity contribution in [2.75, 3.05) is 0 Å². The largest absolute Gasteiger partial charge is 0.382 e. The quantitative estimate of drug-likeness (QED) is 0.862. The topological polar surface area (TPSA) is 33.1 Å². The minimum Gasteiger partial charge on any atom is -0.382 e. The average molecular weight is 231 g/mol.